The number of aromatic nitrogens is 2. The number of hydrogen-bond acceptors (Lipinski definition) is 3. The van der Waals surface area contributed by atoms with Crippen molar-refractivity contribution < 1.29 is 4.79 Å². The average molecular weight is 346 g/mol. The highest BCUT2D eigenvalue weighted by atomic mass is 16.1. The molecule has 1 amide bonds. The maximum absolute atomic E-state index is 12.7. The van der Waals surface area contributed by atoms with Crippen LogP contribution in [-0.2, 0) is 0 Å². The number of amides is 1. The molecule has 0 aliphatic carbocycles. The van der Waals surface area contributed by atoms with Gasteiger partial charge >= 0.3 is 0 Å². The highest BCUT2D eigenvalue weighted by Crippen LogP contribution is 2.23. The van der Waals surface area contributed by atoms with Crippen LogP contribution in [0.3, 0.4) is 0 Å². The summed E-state index contributed by atoms with van der Waals surface area (Å²) in [5.74, 6) is 0.422. The van der Waals surface area contributed by atoms with Crippen molar-refractivity contribution in [1.29, 1.82) is 0 Å². The van der Waals surface area contributed by atoms with Crippen molar-refractivity contribution in [3.05, 3.63) is 78.6 Å². The van der Waals surface area contributed by atoms with E-state index in [9.17, 15) is 4.79 Å². The second kappa shape index (κ2) is 7.44. The van der Waals surface area contributed by atoms with E-state index in [-0.39, 0.29) is 5.91 Å². The minimum atomic E-state index is -0.0470. The van der Waals surface area contributed by atoms with E-state index in [1.807, 2.05) is 42.6 Å². The van der Waals surface area contributed by atoms with Crippen molar-refractivity contribution in [2.24, 2.45) is 5.92 Å². The SMILES string of the molecule is O=C(NC[C@H]1CCN(c2ccccc2)C1)c1ccccc1-n1cccn1. The summed E-state index contributed by atoms with van der Waals surface area (Å²) >= 11 is 0. The first-order valence-electron chi connectivity index (χ1n) is 8.98. The summed E-state index contributed by atoms with van der Waals surface area (Å²) in [6.45, 7) is 2.70. The Morgan fingerprint density at radius 2 is 1.88 bits per heavy atom. The molecule has 1 aliphatic heterocycles. The van der Waals surface area contributed by atoms with Crippen LogP contribution in [0.15, 0.2) is 73.1 Å². The van der Waals surface area contributed by atoms with E-state index >= 15 is 0 Å². The van der Waals surface area contributed by atoms with E-state index in [1.165, 1.54) is 5.69 Å². The van der Waals surface area contributed by atoms with Gasteiger partial charge in [-0.3, -0.25) is 4.79 Å². The number of rotatable bonds is 5. The summed E-state index contributed by atoms with van der Waals surface area (Å²) in [6.07, 6.45) is 4.65. The third-order valence-corrected chi connectivity index (χ3v) is 4.86. The van der Waals surface area contributed by atoms with Crippen molar-refractivity contribution in [3.8, 4) is 5.69 Å². The lowest BCUT2D eigenvalue weighted by Gasteiger charge is -2.19. The molecule has 3 aromatic rings. The number of hydrogen-bond donors (Lipinski definition) is 1. The van der Waals surface area contributed by atoms with Crippen molar-refractivity contribution in [3.63, 3.8) is 0 Å². The minimum absolute atomic E-state index is 0.0470. The molecule has 1 fully saturated rings. The average Bonchev–Trinajstić information content (AvgIpc) is 3.39. The van der Waals surface area contributed by atoms with Gasteiger partial charge in [0, 0.05) is 37.7 Å². The molecule has 0 unspecified atom stereocenters. The number of carbonyl (C=O) groups excluding carboxylic acids is 1. The third kappa shape index (κ3) is 3.47. The van der Waals surface area contributed by atoms with Gasteiger partial charge in [-0.2, -0.15) is 5.10 Å². The fourth-order valence-corrected chi connectivity index (χ4v) is 3.48. The van der Waals surface area contributed by atoms with Gasteiger partial charge < -0.3 is 10.2 Å². The molecule has 2 heterocycles. The van der Waals surface area contributed by atoms with Crippen LogP contribution in [0.2, 0.25) is 0 Å². The molecule has 1 N–H and O–H groups in total. The first-order valence-corrected chi connectivity index (χ1v) is 8.98. The maximum Gasteiger partial charge on any atom is 0.253 e. The Hall–Kier alpha value is -3.08. The van der Waals surface area contributed by atoms with Gasteiger partial charge in [-0.05, 0) is 42.7 Å². The predicted molar refractivity (Wildman–Crippen MR) is 103 cm³/mol. The van der Waals surface area contributed by atoms with Gasteiger partial charge in [0.25, 0.3) is 5.91 Å². The quantitative estimate of drug-likeness (QED) is 0.772. The first-order chi connectivity index (χ1) is 12.8. The van der Waals surface area contributed by atoms with Crippen LogP contribution >= 0.6 is 0 Å². The lowest BCUT2D eigenvalue weighted by Crippen LogP contribution is -2.31. The van der Waals surface area contributed by atoms with Crippen LogP contribution in [0.5, 0.6) is 0 Å². The van der Waals surface area contributed by atoms with E-state index in [0.717, 1.165) is 25.2 Å². The standard InChI is InChI=1S/C21H22N4O/c26-21(19-9-4-5-10-20(19)25-13-6-12-23-25)22-15-17-11-14-24(16-17)18-7-2-1-3-8-18/h1-10,12-13,17H,11,14-16H2,(H,22,26)/t17-/m1/s1. The molecule has 2 aromatic carbocycles. The van der Waals surface area contributed by atoms with E-state index in [2.05, 4.69) is 39.6 Å². The van der Waals surface area contributed by atoms with Crippen LogP contribution in [0, 0.1) is 5.92 Å². The van der Waals surface area contributed by atoms with E-state index in [0.29, 0.717) is 18.0 Å². The lowest BCUT2D eigenvalue weighted by atomic mass is 10.1. The van der Waals surface area contributed by atoms with E-state index in [4.69, 9.17) is 0 Å². The Morgan fingerprint density at radius 3 is 2.69 bits per heavy atom. The summed E-state index contributed by atoms with van der Waals surface area (Å²) in [4.78, 5) is 15.1. The van der Waals surface area contributed by atoms with Crippen molar-refractivity contribution in [2.45, 2.75) is 6.42 Å². The van der Waals surface area contributed by atoms with Gasteiger partial charge in [0.2, 0.25) is 0 Å². The molecule has 5 heteroatoms. The van der Waals surface area contributed by atoms with Crippen LogP contribution in [0.25, 0.3) is 5.69 Å². The normalized spacial score (nSPS) is 16.6. The molecular formula is C21H22N4O. The molecule has 4 rings (SSSR count). The monoisotopic (exact) mass is 346 g/mol. The molecule has 1 aromatic heterocycles. The van der Waals surface area contributed by atoms with Crippen molar-refractivity contribution >= 4 is 11.6 Å². The molecule has 5 nitrogen and oxygen atoms in total. The molecule has 26 heavy (non-hydrogen) atoms. The summed E-state index contributed by atoms with van der Waals surface area (Å²) < 4.78 is 1.72. The van der Waals surface area contributed by atoms with Gasteiger partial charge in [-0.15, -0.1) is 0 Å². The smallest absolute Gasteiger partial charge is 0.253 e. The first kappa shape index (κ1) is 16.4. The lowest BCUT2D eigenvalue weighted by molar-refractivity contribution is 0.0948. The van der Waals surface area contributed by atoms with Gasteiger partial charge in [0.05, 0.1) is 11.3 Å². The van der Waals surface area contributed by atoms with Gasteiger partial charge in [0.15, 0.2) is 0 Å². The number of nitrogens with zero attached hydrogens (tertiary/aromatic N) is 3. The Morgan fingerprint density at radius 1 is 1.08 bits per heavy atom. The van der Waals surface area contributed by atoms with Crippen LogP contribution in [0.4, 0.5) is 5.69 Å². The zero-order valence-corrected chi connectivity index (χ0v) is 14.6. The summed E-state index contributed by atoms with van der Waals surface area (Å²) in [7, 11) is 0. The largest absolute Gasteiger partial charge is 0.371 e. The molecule has 0 saturated carbocycles. The predicted octanol–water partition coefficient (Wildman–Crippen LogP) is 3.13. The highest BCUT2D eigenvalue weighted by molar-refractivity contribution is 5.97. The molecule has 0 spiro atoms. The summed E-state index contributed by atoms with van der Waals surface area (Å²) in [5, 5.41) is 7.35. The van der Waals surface area contributed by atoms with Crippen LogP contribution in [0.1, 0.15) is 16.8 Å². The van der Waals surface area contributed by atoms with Crippen molar-refractivity contribution in [2.75, 3.05) is 24.5 Å². The molecule has 0 radical (unpaired) electrons. The molecular weight excluding hydrogens is 324 g/mol. The zero-order chi connectivity index (χ0) is 17.8. The zero-order valence-electron chi connectivity index (χ0n) is 14.6. The molecule has 1 atom stereocenters. The molecule has 1 aliphatic rings. The van der Waals surface area contributed by atoms with Gasteiger partial charge in [-0.25, -0.2) is 4.68 Å². The number of carbonyl (C=O) groups is 1. The number of anilines is 1. The fraction of sp³-hybridized carbons (Fsp3) is 0.238. The van der Waals surface area contributed by atoms with E-state index in [1.54, 1.807) is 10.9 Å². The number of para-hydroxylation sites is 2. The van der Waals surface area contributed by atoms with Gasteiger partial charge in [-0.1, -0.05) is 30.3 Å². The number of nitrogens with one attached hydrogen (secondary N) is 1. The summed E-state index contributed by atoms with van der Waals surface area (Å²) in [5.41, 5.74) is 2.70. The third-order valence-electron chi connectivity index (χ3n) is 4.86. The minimum Gasteiger partial charge on any atom is -0.371 e. The fourth-order valence-electron chi connectivity index (χ4n) is 3.48. The topological polar surface area (TPSA) is 50.2 Å². The molecule has 1 saturated heterocycles. The number of benzene rings is 2. The molecule has 0 bridgehead atoms. The Kier molecular flexibility index (Phi) is 4.69. The maximum atomic E-state index is 12.7. The Labute approximate surface area is 153 Å². The highest BCUT2D eigenvalue weighted by Gasteiger charge is 2.23. The van der Waals surface area contributed by atoms with Crippen molar-refractivity contribution in [1.82, 2.24) is 15.1 Å². The van der Waals surface area contributed by atoms with Crippen LogP contribution in [-0.4, -0.2) is 35.3 Å². The van der Waals surface area contributed by atoms with Gasteiger partial charge in [0.1, 0.15) is 0 Å². The molecule has 132 valence electrons. The second-order valence-electron chi connectivity index (χ2n) is 6.61. The van der Waals surface area contributed by atoms with Crippen LogP contribution < -0.4 is 10.2 Å². The second-order valence-corrected chi connectivity index (χ2v) is 6.61. The summed E-state index contributed by atoms with van der Waals surface area (Å²) in [6, 6.07) is 19.9. The Bertz CT molecular complexity index is 861. The van der Waals surface area contributed by atoms with E-state index < -0.39 is 0 Å². The Balaban J connectivity index is 1.38.